The maximum atomic E-state index is 13.6. The number of nitrogens with zero attached hydrogens (tertiary/aromatic N) is 1. The van der Waals surface area contributed by atoms with Crippen molar-refractivity contribution in [2.24, 2.45) is 0 Å². The molecule has 19 heavy (non-hydrogen) atoms. The summed E-state index contributed by atoms with van der Waals surface area (Å²) in [4.78, 5) is 11.8. The molecular weight excluding hydrogens is 241 g/mol. The van der Waals surface area contributed by atoms with E-state index in [9.17, 15) is 9.18 Å². The summed E-state index contributed by atoms with van der Waals surface area (Å²) in [5.74, 6) is 0.0884. The molecule has 2 nitrogen and oxygen atoms in total. The summed E-state index contributed by atoms with van der Waals surface area (Å²) in [6.07, 6.45) is 5.14. The van der Waals surface area contributed by atoms with Crippen molar-refractivity contribution in [3.63, 3.8) is 0 Å². The Kier molecular flexibility index (Phi) is 3.20. The first-order valence-electron chi connectivity index (χ1n) is 6.70. The highest BCUT2D eigenvalue weighted by Crippen LogP contribution is 2.22. The van der Waals surface area contributed by atoms with Gasteiger partial charge in [0.15, 0.2) is 5.78 Å². The van der Waals surface area contributed by atoms with Gasteiger partial charge >= 0.3 is 0 Å². The van der Waals surface area contributed by atoms with Crippen molar-refractivity contribution in [2.75, 3.05) is 0 Å². The lowest BCUT2D eigenvalue weighted by Crippen LogP contribution is -2.14. The van der Waals surface area contributed by atoms with E-state index >= 15 is 0 Å². The Balaban J connectivity index is 1.78. The minimum atomic E-state index is -0.153. The summed E-state index contributed by atoms with van der Waals surface area (Å²) in [7, 11) is 0. The molecule has 98 valence electrons. The van der Waals surface area contributed by atoms with Crippen LogP contribution < -0.4 is 0 Å². The van der Waals surface area contributed by atoms with Crippen LogP contribution in [-0.4, -0.2) is 10.4 Å². The SMILES string of the molecule is O=C1CCCc2c1ccn2CCc1ccccc1F. The summed E-state index contributed by atoms with van der Waals surface area (Å²) < 4.78 is 15.7. The van der Waals surface area contributed by atoms with Crippen LogP contribution in [0.4, 0.5) is 4.39 Å². The van der Waals surface area contributed by atoms with Crippen LogP contribution in [0.1, 0.15) is 34.5 Å². The number of hydrogen-bond donors (Lipinski definition) is 0. The van der Waals surface area contributed by atoms with Crippen LogP contribution in [0.3, 0.4) is 0 Å². The molecular formula is C16H16FNO. The fourth-order valence-corrected chi connectivity index (χ4v) is 2.74. The van der Waals surface area contributed by atoms with E-state index < -0.39 is 0 Å². The molecule has 0 saturated carbocycles. The summed E-state index contributed by atoms with van der Waals surface area (Å²) in [6, 6.07) is 8.76. The van der Waals surface area contributed by atoms with E-state index in [2.05, 4.69) is 4.57 Å². The summed E-state index contributed by atoms with van der Waals surface area (Å²) in [5, 5.41) is 0. The third-order valence-corrected chi connectivity index (χ3v) is 3.78. The second-order valence-electron chi connectivity index (χ2n) is 4.99. The Hall–Kier alpha value is -1.90. The van der Waals surface area contributed by atoms with E-state index in [1.54, 1.807) is 6.07 Å². The monoisotopic (exact) mass is 257 g/mol. The van der Waals surface area contributed by atoms with Crippen LogP contribution in [0.25, 0.3) is 0 Å². The van der Waals surface area contributed by atoms with E-state index in [0.29, 0.717) is 12.8 Å². The molecule has 0 bridgehead atoms. The Morgan fingerprint density at radius 3 is 2.84 bits per heavy atom. The first-order valence-corrected chi connectivity index (χ1v) is 6.70. The van der Waals surface area contributed by atoms with Gasteiger partial charge in [-0.1, -0.05) is 18.2 Å². The zero-order valence-corrected chi connectivity index (χ0v) is 10.7. The van der Waals surface area contributed by atoms with Gasteiger partial charge in [-0.25, -0.2) is 4.39 Å². The predicted octanol–water partition coefficient (Wildman–Crippen LogP) is 3.39. The average Bonchev–Trinajstić information content (AvgIpc) is 2.83. The lowest BCUT2D eigenvalue weighted by molar-refractivity contribution is 0.0972. The van der Waals surface area contributed by atoms with Crippen LogP contribution in [0.5, 0.6) is 0 Å². The van der Waals surface area contributed by atoms with Gasteiger partial charge in [0.25, 0.3) is 0 Å². The molecule has 1 aromatic carbocycles. The van der Waals surface area contributed by atoms with Crippen molar-refractivity contribution in [3.05, 3.63) is 59.2 Å². The molecule has 0 saturated heterocycles. The number of aryl methyl sites for hydroxylation is 2. The lowest BCUT2D eigenvalue weighted by Gasteiger charge is -2.15. The van der Waals surface area contributed by atoms with Gasteiger partial charge < -0.3 is 4.57 Å². The van der Waals surface area contributed by atoms with Gasteiger partial charge in [-0.05, 0) is 37.0 Å². The average molecular weight is 257 g/mol. The standard InChI is InChI=1S/C16H16FNO/c17-14-5-2-1-4-12(14)8-10-18-11-9-13-15(18)6-3-7-16(13)19/h1-2,4-5,9,11H,3,6-8,10H2. The van der Waals surface area contributed by atoms with Crippen molar-refractivity contribution in [1.82, 2.24) is 4.57 Å². The van der Waals surface area contributed by atoms with Gasteiger partial charge in [0.2, 0.25) is 0 Å². The van der Waals surface area contributed by atoms with Crippen LogP contribution in [0.15, 0.2) is 36.5 Å². The molecule has 1 aliphatic carbocycles. The molecule has 3 heteroatoms. The highest BCUT2D eigenvalue weighted by Gasteiger charge is 2.20. The number of aromatic nitrogens is 1. The fourth-order valence-electron chi connectivity index (χ4n) is 2.74. The molecule has 0 atom stereocenters. The smallest absolute Gasteiger partial charge is 0.164 e. The van der Waals surface area contributed by atoms with Crippen molar-refractivity contribution >= 4 is 5.78 Å². The quantitative estimate of drug-likeness (QED) is 0.826. The third-order valence-electron chi connectivity index (χ3n) is 3.78. The van der Waals surface area contributed by atoms with Crippen molar-refractivity contribution in [2.45, 2.75) is 32.2 Å². The molecule has 2 aromatic rings. The molecule has 0 fully saturated rings. The van der Waals surface area contributed by atoms with Crippen molar-refractivity contribution < 1.29 is 9.18 Å². The Morgan fingerprint density at radius 1 is 1.16 bits per heavy atom. The molecule has 1 aromatic heterocycles. The number of halogens is 1. The molecule has 0 aliphatic heterocycles. The first kappa shape index (κ1) is 12.2. The Labute approximate surface area is 111 Å². The van der Waals surface area contributed by atoms with Gasteiger partial charge in [-0.2, -0.15) is 0 Å². The largest absolute Gasteiger partial charge is 0.350 e. The Bertz CT molecular complexity index is 615. The number of hydrogen-bond acceptors (Lipinski definition) is 1. The normalized spacial score (nSPS) is 14.5. The fraction of sp³-hybridized carbons (Fsp3) is 0.312. The van der Waals surface area contributed by atoms with E-state index in [4.69, 9.17) is 0 Å². The molecule has 0 N–H and O–H groups in total. The number of fused-ring (bicyclic) bond motifs is 1. The maximum absolute atomic E-state index is 13.6. The van der Waals surface area contributed by atoms with Crippen molar-refractivity contribution in [3.8, 4) is 0 Å². The number of benzene rings is 1. The van der Waals surface area contributed by atoms with E-state index in [0.717, 1.165) is 36.2 Å². The second-order valence-corrected chi connectivity index (χ2v) is 4.99. The predicted molar refractivity (Wildman–Crippen MR) is 71.8 cm³/mol. The molecule has 0 radical (unpaired) electrons. The van der Waals surface area contributed by atoms with E-state index in [1.165, 1.54) is 6.07 Å². The number of Topliss-reactive ketones (excluding diaryl/α,β-unsaturated/α-hetero) is 1. The van der Waals surface area contributed by atoms with Crippen LogP contribution in [0.2, 0.25) is 0 Å². The van der Waals surface area contributed by atoms with E-state index in [1.807, 2.05) is 24.4 Å². The van der Waals surface area contributed by atoms with Gasteiger partial charge in [-0.3, -0.25) is 4.79 Å². The zero-order chi connectivity index (χ0) is 13.2. The summed E-state index contributed by atoms with van der Waals surface area (Å²) in [5.41, 5.74) is 2.71. The highest BCUT2D eigenvalue weighted by molar-refractivity contribution is 5.98. The van der Waals surface area contributed by atoms with Gasteiger partial charge in [-0.15, -0.1) is 0 Å². The molecule has 0 unspecified atom stereocenters. The highest BCUT2D eigenvalue weighted by atomic mass is 19.1. The topological polar surface area (TPSA) is 22.0 Å². The molecule has 1 aliphatic rings. The second kappa shape index (κ2) is 5.00. The first-order chi connectivity index (χ1) is 9.25. The molecule has 1 heterocycles. The molecule has 0 spiro atoms. The van der Waals surface area contributed by atoms with Gasteiger partial charge in [0, 0.05) is 30.4 Å². The zero-order valence-electron chi connectivity index (χ0n) is 10.7. The van der Waals surface area contributed by atoms with E-state index in [-0.39, 0.29) is 11.6 Å². The molecule has 3 rings (SSSR count). The maximum Gasteiger partial charge on any atom is 0.164 e. The van der Waals surface area contributed by atoms with Gasteiger partial charge in [0.1, 0.15) is 5.82 Å². The third kappa shape index (κ3) is 2.33. The number of carbonyl (C=O) groups excluding carboxylic acids is 1. The number of carbonyl (C=O) groups is 1. The van der Waals surface area contributed by atoms with Crippen LogP contribution >= 0.6 is 0 Å². The minimum Gasteiger partial charge on any atom is -0.350 e. The van der Waals surface area contributed by atoms with Gasteiger partial charge in [0.05, 0.1) is 0 Å². The number of rotatable bonds is 3. The molecule has 0 amide bonds. The summed E-state index contributed by atoms with van der Waals surface area (Å²) in [6.45, 7) is 0.726. The number of ketones is 1. The van der Waals surface area contributed by atoms with Crippen molar-refractivity contribution in [1.29, 1.82) is 0 Å². The van der Waals surface area contributed by atoms with Crippen LogP contribution in [-0.2, 0) is 19.4 Å². The Morgan fingerprint density at radius 2 is 2.00 bits per heavy atom. The summed E-state index contributed by atoms with van der Waals surface area (Å²) >= 11 is 0. The van der Waals surface area contributed by atoms with Crippen LogP contribution in [0, 0.1) is 5.82 Å². The minimum absolute atomic E-state index is 0.153. The lowest BCUT2D eigenvalue weighted by atomic mass is 9.97.